The largest absolute Gasteiger partial charge is 0.337 e. The van der Waals surface area contributed by atoms with Crippen molar-refractivity contribution in [3.8, 4) is 22.8 Å². The zero-order valence-electron chi connectivity index (χ0n) is 9.77. The second kappa shape index (κ2) is 5.03. The summed E-state index contributed by atoms with van der Waals surface area (Å²) in [4.78, 5) is 11.8. The third kappa shape index (κ3) is 2.48. The van der Waals surface area contributed by atoms with Gasteiger partial charge in [0.15, 0.2) is 5.82 Å². The summed E-state index contributed by atoms with van der Waals surface area (Å²) < 4.78 is 0. The Kier molecular flexibility index (Phi) is 3.23. The van der Waals surface area contributed by atoms with Gasteiger partial charge in [-0.1, -0.05) is 35.3 Å². The lowest BCUT2D eigenvalue weighted by molar-refractivity contribution is 1.22. The first kappa shape index (κ1) is 12.2. The number of hydrogen-bond donors (Lipinski definition) is 1. The monoisotopic (exact) mass is 289 g/mol. The Hall–Kier alpha value is -1.84. The lowest BCUT2D eigenvalue weighted by atomic mass is 10.2. The molecule has 0 amide bonds. The van der Waals surface area contributed by atoms with Crippen LogP contribution in [-0.4, -0.2) is 15.0 Å². The molecule has 0 aliphatic rings. The van der Waals surface area contributed by atoms with Crippen molar-refractivity contribution in [1.29, 1.82) is 0 Å². The highest BCUT2D eigenvalue weighted by Gasteiger charge is 2.07. The van der Waals surface area contributed by atoms with Crippen LogP contribution >= 0.6 is 23.2 Å². The van der Waals surface area contributed by atoms with Gasteiger partial charge >= 0.3 is 0 Å². The molecule has 2 heterocycles. The average Bonchev–Trinajstić information content (AvgIpc) is 2.93. The fourth-order valence-electron chi connectivity index (χ4n) is 1.76. The molecule has 0 saturated carbocycles. The van der Waals surface area contributed by atoms with Crippen molar-refractivity contribution in [1.82, 2.24) is 15.0 Å². The van der Waals surface area contributed by atoms with Crippen molar-refractivity contribution in [2.45, 2.75) is 0 Å². The lowest BCUT2D eigenvalue weighted by Gasteiger charge is -2.00. The van der Waals surface area contributed by atoms with Gasteiger partial charge in [-0.2, -0.15) is 0 Å². The normalized spacial score (nSPS) is 10.6. The van der Waals surface area contributed by atoms with E-state index in [9.17, 15) is 0 Å². The second-order valence-electron chi connectivity index (χ2n) is 3.99. The number of imidazole rings is 1. The predicted octanol–water partition coefficient (Wildman–Crippen LogP) is 4.45. The van der Waals surface area contributed by atoms with Crippen LogP contribution in [0.3, 0.4) is 0 Å². The molecular weight excluding hydrogens is 281 g/mol. The number of H-pyrrole nitrogens is 1. The molecule has 2 aromatic heterocycles. The highest BCUT2D eigenvalue weighted by atomic mass is 35.5. The van der Waals surface area contributed by atoms with E-state index < -0.39 is 0 Å². The molecule has 5 heteroatoms. The van der Waals surface area contributed by atoms with Crippen LogP contribution in [0.25, 0.3) is 22.8 Å². The second-order valence-corrected chi connectivity index (χ2v) is 4.80. The molecule has 0 radical (unpaired) electrons. The van der Waals surface area contributed by atoms with E-state index in [1.807, 2.05) is 24.3 Å². The van der Waals surface area contributed by atoms with Gasteiger partial charge < -0.3 is 4.98 Å². The van der Waals surface area contributed by atoms with Crippen LogP contribution in [0.4, 0.5) is 0 Å². The smallest absolute Gasteiger partial charge is 0.156 e. The molecule has 0 unspecified atom stereocenters. The number of nitrogens with zero attached hydrogens (tertiary/aromatic N) is 2. The number of rotatable bonds is 2. The van der Waals surface area contributed by atoms with Gasteiger partial charge in [0.1, 0.15) is 5.69 Å². The lowest BCUT2D eigenvalue weighted by Crippen LogP contribution is -1.84. The predicted molar refractivity (Wildman–Crippen MR) is 77.3 cm³/mol. The Morgan fingerprint density at radius 2 is 1.84 bits per heavy atom. The van der Waals surface area contributed by atoms with Crippen LogP contribution in [0.15, 0.2) is 48.8 Å². The van der Waals surface area contributed by atoms with E-state index in [1.54, 1.807) is 24.5 Å². The Morgan fingerprint density at radius 3 is 2.58 bits per heavy atom. The maximum atomic E-state index is 6.01. The Bertz CT molecular complexity index is 708. The summed E-state index contributed by atoms with van der Waals surface area (Å²) in [5.41, 5.74) is 2.61. The van der Waals surface area contributed by atoms with Gasteiger partial charge in [-0.3, -0.25) is 4.98 Å². The summed E-state index contributed by atoms with van der Waals surface area (Å²) in [6.07, 6.45) is 3.49. The van der Waals surface area contributed by atoms with Crippen molar-refractivity contribution in [2.24, 2.45) is 0 Å². The maximum Gasteiger partial charge on any atom is 0.156 e. The SMILES string of the molecule is Clc1ccc(-c2cnc(-c3ccccn3)[nH]2)cc1Cl. The molecule has 94 valence electrons. The van der Waals surface area contributed by atoms with E-state index in [4.69, 9.17) is 23.2 Å². The summed E-state index contributed by atoms with van der Waals surface area (Å²) in [7, 11) is 0. The standard InChI is InChI=1S/C14H9Cl2N3/c15-10-5-4-9(7-11(10)16)13-8-18-14(19-13)12-3-1-2-6-17-12/h1-8H,(H,18,19). The molecule has 1 N–H and O–H groups in total. The molecule has 0 atom stereocenters. The van der Waals surface area contributed by atoms with Crippen molar-refractivity contribution in [2.75, 3.05) is 0 Å². The van der Waals surface area contributed by atoms with Crippen LogP contribution in [0, 0.1) is 0 Å². The topological polar surface area (TPSA) is 41.6 Å². The van der Waals surface area contributed by atoms with Gasteiger partial charge in [-0.15, -0.1) is 0 Å². The van der Waals surface area contributed by atoms with E-state index in [2.05, 4.69) is 15.0 Å². The number of nitrogens with one attached hydrogen (secondary N) is 1. The number of hydrogen-bond acceptors (Lipinski definition) is 2. The van der Waals surface area contributed by atoms with E-state index in [1.165, 1.54) is 0 Å². The number of pyridine rings is 1. The first-order valence-electron chi connectivity index (χ1n) is 5.66. The van der Waals surface area contributed by atoms with E-state index in [0.29, 0.717) is 10.0 Å². The summed E-state index contributed by atoms with van der Waals surface area (Å²) >= 11 is 11.9. The molecule has 19 heavy (non-hydrogen) atoms. The van der Waals surface area contributed by atoms with Gasteiger partial charge in [0.05, 0.1) is 21.9 Å². The molecule has 0 aliphatic heterocycles. The van der Waals surface area contributed by atoms with E-state index in [0.717, 1.165) is 22.8 Å². The zero-order valence-corrected chi connectivity index (χ0v) is 11.3. The number of halogens is 2. The van der Waals surface area contributed by atoms with Crippen molar-refractivity contribution < 1.29 is 0 Å². The van der Waals surface area contributed by atoms with Gasteiger partial charge in [-0.25, -0.2) is 4.98 Å². The van der Waals surface area contributed by atoms with E-state index >= 15 is 0 Å². The first-order chi connectivity index (χ1) is 9.24. The minimum Gasteiger partial charge on any atom is -0.337 e. The minimum atomic E-state index is 0.521. The van der Waals surface area contributed by atoms with E-state index in [-0.39, 0.29) is 0 Å². The highest BCUT2D eigenvalue weighted by molar-refractivity contribution is 6.42. The fraction of sp³-hybridized carbons (Fsp3) is 0. The zero-order chi connectivity index (χ0) is 13.2. The molecular formula is C14H9Cl2N3. The number of aromatic amines is 1. The molecule has 3 aromatic rings. The maximum absolute atomic E-state index is 6.01. The quantitative estimate of drug-likeness (QED) is 0.757. The minimum absolute atomic E-state index is 0.521. The Labute approximate surface area is 120 Å². The van der Waals surface area contributed by atoms with Crippen molar-refractivity contribution >= 4 is 23.2 Å². The molecule has 1 aromatic carbocycles. The third-order valence-electron chi connectivity index (χ3n) is 2.71. The molecule has 0 spiro atoms. The average molecular weight is 290 g/mol. The summed E-state index contributed by atoms with van der Waals surface area (Å²) in [6.45, 7) is 0. The Morgan fingerprint density at radius 1 is 0.947 bits per heavy atom. The summed E-state index contributed by atoms with van der Waals surface area (Å²) in [5.74, 6) is 0.724. The molecule has 0 fully saturated rings. The van der Waals surface area contributed by atoms with Crippen LogP contribution in [0.1, 0.15) is 0 Å². The fourth-order valence-corrected chi connectivity index (χ4v) is 2.06. The van der Waals surface area contributed by atoms with Gasteiger partial charge in [0.2, 0.25) is 0 Å². The third-order valence-corrected chi connectivity index (χ3v) is 3.45. The van der Waals surface area contributed by atoms with Crippen LogP contribution in [0.5, 0.6) is 0 Å². The summed E-state index contributed by atoms with van der Waals surface area (Å²) in [5, 5.41) is 1.06. The number of aromatic nitrogens is 3. The molecule has 0 saturated heterocycles. The number of benzene rings is 1. The van der Waals surface area contributed by atoms with Gasteiger partial charge in [-0.05, 0) is 24.3 Å². The van der Waals surface area contributed by atoms with Crippen LogP contribution in [0.2, 0.25) is 10.0 Å². The molecule has 0 bridgehead atoms. The van der Waals surface area contributed by atoms with Crippen LogP contribution in [-0.2, 0) is 0 Å². The molecule has 3 nitrogen and oxygen atoms in total. The molecule has 3 rings (SSSR count). The van der Waals surface area contributed by atoms with Crippen molar-refractivity contribution in [3.63, 3.8) is 0 Å². The first-order valence-corrected chi connectivity index (χ1v) is 6.41. The summed E-state index contributed by atoms with van der Waals surface area (Å²) in [6, 6.07) is 11.2. The van der Waals surface area contributed by atoms with Crippen LogP contribution < -0.4 is 0 Å². The Balaban J connectivity index is 1.99. The van der Waals surface area contributed by atoms with Gasteiger partial charge in [0.25, 0.3) is 0 Å². The molecule has 0 aliphatic carbocycles. The van der Waals surface area contributed by atoms with Crippen molar-refractivity contribution in [3.05, 3.63) is 58.8 Å². The van der Waals surface area contributed by atoms with Gasteiger partial charge in [0, 0.05) is 11.8 Å². The highest BCUT2D eigenvalue weighted by Crippen LogP contribution is 2.28.